The Bertz CT molecular complexity index is 600. The SMILES string of the molecule is CC(=O)N1CCc2cc(C(=O)N3CCCCC3CN)ccc21. The van der Waals surface area contributed by atoms with Gasteiger partial charge in [-0.3, -0.25) is 9.59 Å². The quantitative estimate of drug-likeness (QED) is 0.901. The Kier molecular flexibility index (Phi) is 4.16. The molecule has 1 saturated heterocycles. The Labute approximate surface area is 131 Å². The van der Waals surface area contributed by atoms with E-state index in [2.05, 4.69) is 0 Å². The van der Waals surface area contributed by atoms with Crippen molar-refractivity contribution in [1.82, 2.24) is 4.90 Å². The van der Waals surface area contributed by atoms with Crippen LogP contribution < -0.4 is 10.6 Å². The molecule has 2 amide bonds. The second-order valence-electron chi connectivity index (χ2n) is 6.15. The summed E-state index contributed by atoms with van der Waals surface area (Å²) in [6.07, 6.45) is 4.00. The minimum Gasteiger partial charge on any atom is -0.334 e. The van der Waals surface area contributed by atoms with Crippen molar-refractivity contribution >= 4 is 17.5 Å². The first kappa shape index (κ1) is 15.0. The Morgan fingerprint density at radius 3 is 2.82 bits per heavy atom. The lowest BCUT2D eigenvalue weighted by Gasteiger charge is -2.35. The molecule has 22 heavy (non-hydrogen) atoms. The first-order chi connectivity index (χ1) is 10.6. The number of amides is 2. The molecule has 5 heteroatoms. The van der Waals surface area contributed by atoms with E-state index in [0.717, 1.165) is 43.5 Å². The number of benzene rings is 1. The van der Waals surface area contributed by atoms with E-state index in [1.165, 1.54) is 0 Å². The molecule has 0 saturated carbocycles. The molecule has 0 aliphatic carbocycles. The lowest BCUT2D eigenvalue weighted by Crippen LogP contribution is -2.47. The van der Waals surface area contributed by atoms with Crippen molar-refractivity contribution in [2.24, 2.45) is 5.73 Å². The highest BCUT2D eigenvalue weighted by Crippen LogP contribution is 2.30. The molecule has 0 radical (unpaired) electrons. The molecule has 1 aromatic carbocycles. The fourth-order valence-corrected chi connectivity index (χ4v) is 3.54. The number of fused-ring (bicyclic) bond motifs is 1. The standard InChI is InChI=1S/C17H23N3O2/c1-12(21)19-9-7-13-10-14(5-6-16(13)19)17(22)20-8-3-2-4-15(20)11-18/h5-6,10,15H,2-4,7-9,11,18H2,1H3. The lowest BCUT2D eigenvalue weighted by molar-refractivity contribution is -0.116. The van der Waals surface area contributed by atoms with Crippen molar-refractivity contribution < 1.29 is 9.59 Å². The number of carbonyl (C=O) groups excluding carboxylic acids is 2. The third kappa shape index (κ3) is 2.61. The van der Waals surface area contributed by atoms with Crippen molar-refractivity contribution in [2.75, 3.05) is 24.5 Å². The van der Waals surface area contributed by atoms with Crippen LogP contribution in [0, 0.1) is 0 Å². The molecule has 0 spiro atoms. The van der Waals surface area contributed by atoms with Crippen molar-refractivity contribution in [2.45, 2.75) is 38.6 Å². The molecule has 1 fully saturated rings. The molecule has 2 heterocycles. The summed E-state index contributed by atoms with van der Waals surface area (Å²) in [4.78, 5) is 28.1. The third-order valence-corrected chi connectivity index (χ3v) is 4.76. The summed E-state index contributed by atoms with van der Waals surface area (Å²) in [6, 6.07) is 5.84. The van der Waals surface area contributed by atoms with E-state index >= 15 is 0 Å². The lowest BCUT2D eigenvalue weighted by atomic mass is 10.00. The summed E-state index contributed by atoms with van der Waals surface area (Å²) < 4.78 is 0. The van der Waals surface area contributed by atoms with Crippen molar-refractivity contribution in [3.63, 3.8) is 0 Å². The molecule has 3 rings (SSSR count). The Morgan fingerprint density at radius 2 is 2.09 bits per heavy atom. The van der Waals surface area contributed by atoms with Crippen LogP contribution in [0.2, 0.25) is 0 Å². The van der Waals surface area contributed by atoms with Crippen LogP contribution in [0.25, 0.3) is 0 Å². The fraction of sp³-hybridized carbons (Fsp3) is 0.529. The van der Waals surface area contributed by atoms with Gasteiger partial charge in [-0.2, -0.15) is 0 Å². The van der Waals surface area contributed by atoms with Crippen LogP contribution in [0.3, 0.4) is 0 Å². The van der Waals surface area contributed by atoms with E-state index in [9.17, 15) is 9.59 Å². The Balaban J connectivity index is 1.84. The van der Waals surface area contributed by atoms with Gasteiger partial charge < -0.3 is 15.5 Å². The highest BCUT2D eigenvalue weighted by molar-refractivity contribution is 5.98. The average Bonchev–Trinajstić information content (AvgIpc) is 2.97. The largest absolute Gasteiger partial charge is 0.334 e. The van der Waals surface area contributed by atoms with Gasteiger partial charge in [0.05, 0.1) is 0 Å². The maximum atomic E-state index is 12.8. The first-order valence-electron chi connectivity index (χ1n) is 8.04. The summed E-state index contributed by atoms with van der Waals surface area (Å²) >= 11 is 0. The molecule has 2 aliphatic heterocycles. The normalized spacial score (nSPS) is 20.9. The Hall–Kier alpha value is -1.88. The minimum absolute atomic E-state index is 0.0528. The molecule has 5 nitrogen and oxygen atoms in total. The van der Waals surface area contributed by atoms with Gasteiger partial charge in [0.2, 0.25) is 5.91 Å². The maximum Gasteiger partial charge on any atom is 0.254 e. The third-order valence-electron chi connectivity index (χ3n) is 4.76. The minimum atomic E-state index is 0.0528. The first-order valence-corrected chi connectivity index (χ1v) is 8.04. The monoisotopic (exact) mass is 301 g/mol. The molecular weight excluding hydrogens is 278 g/mol. The number of hydrogen-bond donors (Lipinski definition) is 1. The zero-order valence-corrected chi connectivity index (χ0v) is 13.0. The van der Waals surface area contributed by atoms with Crippen LogP contribution in [0.5, 0.6) is 0 Å². The molecule has 0 aromatic heterocycles. The molecule has 0 bridgehead atoms. The van der Waals surface area contributed by atoms with Crippen LogP contribution in [-0.4, -0.2) is 42.4 Å². The van der Waals surface area contributed by atoms with Crippen molar-refractivity contribution in [3.8, 4) is 0 Å². The van der Waals surface area contributed by atoms with E-state index in [0.29, 0.717) is 18.7 Å². The van der Waals surface area contributed by atoms with Crippen molar-refractivity contribution in [3.05, 3.63) is 29.3 Å². The number of hydrogen-bond acceptors (Lipinski definition) is 3. The molecular formula is C17H23N3O2. The topological polar surface area (TPSA) is 66.6 Å². The molecule has 2 aliphatic rings. The van der Waals surface area contributed by atoms with E-state index < -0.39 is 0 Å². The number of nitrogens with two attached hydrogens (primary N) is 1. The van der Waals surface area contributed by atoms with Gasteiger partial charge in [-0.25, -0.2) is 0 Å². The highest BCUT2D eigenvalue weighted by Gasteiger charge is 2.28. The average molecular weight is 301 g/mol. The van der Waals surface area contributed by atoms with Crippen LogP contribution in [0.4, 0.5) is 5.69 Å². The van der Waals surface area contributed by atoms with Crippen LogP contribution in [-0.2, 0) is 11.2 Å². The van der Waals surface area contributed by atoms with Gasteiger partial charge in [0, 0.05) is 43.9 Å². The number of anilines is 1. The van der Waals surface area contributed by atoms with Crippen LogP contribution in [0.15, 0.2) is 18.2 Å². The van der Waals surface area contributed by atoms with E-state index in [-0.39, 0.29) is 17.9 Å². The van der Waals surface area contributed by atoms with E-state index in [4.69, 9.17) is 5.73 Å². The predicted octanol–water partition coefficient (Wildman–Crippen LogP) is 1.55. The molecule has 1 atom stereocenters. The zero-order chi connectivity index (χ0) is 15.7. The number of rotatable bonds is 2. The number of carbonyl (C=O) groups is 2. The number of piperidine rings is 1. The molecule has 2 N–H and O–H groups in total. The second-order valence-corrected chi connectivity index (χ2v) is 6.15. The zero-order valence-electron chi connectivity index (χ0n) is 13.0. The molecule has 1 aromatic rings. The van der Waals surface area contributed by atoms with Crippen LogP contribution >= 0.6 is 0 Å². The van der Waals surface area contributed by atoms with Gasteiger partial charge in [0.1, 0.15) is 0 Å². The van der Waals surface area contributed by atoms with Gasteiger partial charge in [0.25, 0.3) is 5.91 Å². The van der Waals surface area contributed by atoms with Gasteiger partial charge in [-0.1, -0.05) is 0 Å². The van der Waals surface area contributed by atoms with Gasteiger partial charge in [0.15, 0.2) is 0 Å². The highest BCUT2D eigenvalue weighted by atomic mass is 16.2. The molecule has 118 valence electrons. The fourth-order valence-electron chi connectivity index (χ4n) is 3.54. The van der Waals surface area contributed by atoms with Gasteiger partial charge in [-0.05, 0) is 49.4 Å². The summed E-state index contributed by atoms with van der Waals surface area (Å²) in [5, 5.41) is 0. The van der Waals surface area contributed by atoms with Gasteiger partial charge >= 0.3 is 0 Å². The Morgan fingerprint density at radius 1 is 1.27 bits per heavy atom. The second kappa shape index (κ2) is 6.08. The smallest absolute Gasteiger partial charge is 0.254 e. The van der Waals surface area contributed by atoms with Crippen molar-refractivity contribution in [1.29, 1.82) is 0 Å². The summed E-state index contributed by atoms with van der Waals surface area (Å²) in [5.74, 6) is 0.122. The summed E-state index contributed by atoms with van der Waals surface area (Å²) in [5.41, 5.74) is 8.55. The van der Waals surface area contributed by atoms with E-state index in [1.807, 2.05) is 23.1 Å². The maximum absolute atomic E-state index is 12.8. The number of nitrogens with zero attached hydrogens (tertiary/aromatic N) is 2. The predicted molar refractivity (Wildman–Crippen MR) is 85.9 cm³/mol. The van der Waals surface area contributed by atoms with Crippen LogP contribution in [0.1, 0.15) is 42.1 Å². The van der Waals surface area contributed by atoms with Gasteiger partial charge in [-0.15, -0.1) is 0 Å². The summed E-state index contributed by atoms with van der Waals surface area (Å²) in [6.45, 7) is 3.59. The molecule has 1 unspecified atom stereocenters. The summed E-state index contributed by atoms with van der Waals surface area (Å²) in [7, 11) is 0. The van der Waals surface area contributed by atoms with E-state index in [1.54, 1.807) is 11.8 Å². The number of likely N-dealkylation sites (tertiary alicyclic amines) is 1.